The molecule has 1 aliphatic carbocycles. The Morgan fingerprint density at radius 3 is 2.24 bits per heavy atom. The van der Waals surface area contributed by atoms with Crippen molar-refractivity contribution in [2.75, 3.05) is 44.8 Å². The number of carboxylic acid groups (broad SMARTS) is 1. The number of carbonyl (C=O) groups is 2. The van der Waals surface area contributed by atoms with E-state index in [4.69, 9.17) is 14.2 Å². The minimum atomic E-state index is -1.08. The van der Waals surface area contributed by atoms with Gasteiger partial charge in [-0.05, 0) is 19.2 Å². The molecule has 1 heterocycles. The number of fused-ring (bicyclic) bond motifs is 3. The van der Waals surface area contributed by atoms with Crippen LogP contribution in [0.2, 0.25) is 0 Å². The van der Waals surface area contributed by atoms with Gasteiger partial charge in [-0.25, -0.2) is 4.79 Å². The molecule has 0 bridgehead atoms. The van der Waals surface area contributed by atoms with Crippen LogP contribution in [0, 0.1) is 0 Å². The highest BCUT2D eigenvalue weighted by molar-refractivity contribution is 7.99. The summed E-state index contributed by atoms with van der Waals surface area (Å²) in [7, 11) is 5.88. The van der Waals surface area contributed by atoms with E-state index >= 15 is 0 Å². The molecule has 12 heteroatoms. The lowest BCUT2D eigenvalue weighted by Gasteiger charge is -2.30. The van der Waals surface area contributed by atoms with E-state index in [9.17, 15) is 29.4 Å². The smallest absolute Gasteiger partial charge is 0.326 e. The quantitative estimate of drug-likeness (QED) is 0.116. The van der Waals surface area contributed by atoms with Crippen LogP contribution < -0.4 is 35.7 Å². The van der Waals surface area contributed by atoms with Gasteiger partial charge in [-0.3, -0.25) is 14.4 Å². The summed E-state index contributed by atoms with van der Waals surface area (Å²) in [5.41, 5.74) is 0.963. The molecule has 5 aromatic carbocycles. The van der Waals surface area contributed by atoms with E-state index in [1.165, 1.54) is 46.1 Å². The third-order valence-electron chi connectivity index (χ3n) is 9.04. The predicted octanol–water partition coefficient (Wildman–Crippen LogP) is 4.73. The first-order valence-corrected chi connectivity index (χ1v) is 15.1. The zero-order valence-corrected chi connectivity index (χ0v) is 26.0. The van der Waals surface area contributed by atoms with Crippen molar-refractivity contribution in [2.45, 2.75) is 30.7 Å². The van der Waals surface area contributed by atoms with Crippen molar-refractivity contribution >= 4 is 84.1 Å². The summed E-state index contributed by atoms with van der Waals surface area (Å²) in [6.45, 7) is 3.21. The molecule has 2 aliphatic rings. The molecule has 2 atom stereocenters. The number of aliphatic carboxylic acids is 1. The maximum absolute atomic E-state index is 14.7. The van der Waals surface area contributed by atoms with Crippen molar-refractivity contribution in [2.24, 2.45) is 0 Å². The highest BCUT2D eigenvalue weighted by Gasteiger charge is 2.39. The summed E-state index contributed by atoms with van der Waals surface area (Å²) >= 11 is 1.23. The van der Waals surface area contributed by atoms with Crippen LogP contribution in [0.5, 0.6) is 23.0 Å². The van der Waals surface area contributed by atoms with Crippen molar-refractivity contribution < 1.29 is 34.0 Å². The molecular weight excluding hydrogens is 600 g/mol. The first-order chi connectivity index (χ1) is 21.5. The van der Waals surface area contributed by atoms with Gasteiger partial charge < -0.3 is 35.1 Å². The van der Waals surface area contributed by atoms with Crippen molar-refractivity contribution in [3.05, 3.63) is 43.2 Å². The highest BCUT2D eigenvalue weighted by Crippen LogP contribution is 2.59. The molecule has 7 rings (SSSR count). The number of anilines is 2. The maximum Gasteiger partial charge on any atom is 0.326 e. The van der Waals surface area contributed by atoms with Crippen LogP contribution in [0.25, 0.3) is 49.2 Å². The van der Waals surface area contributed by atoms with Crippen LogP contribution >= 0.6 is 11.8 Å². The lowest BCUT2D eigenvalue weighted by Crippen LogP contribution is -2.35. The monoisotopic (exact) mass is 628 g/mol. The Bertz CT molecular complexity index is 2330. The Hall–Kier alpha value is -4.97. The van der Waals surface area contributed by atoms with Crippen molar-refractivity contribution in [3.8, 4) is 23.0 Å². The minimum Gasteiger partial charge on any atom is -0.505 e. The fraction of sp³-hybridized carbons (Fsp3) is 0.273. The molecule has 1 aliphatic heterocycles. The zero-order valence-electron chi connectivity index (χ0n) is 25.2. The number of aromatic hydroxyl groups is 1. The van der Waals surface area contributed by atoms with Gasteiger partial charge in [-0.15, -0.1) is 11.8 Å². The summed E-state index contributed by atoms with van der Waals surface area (Å²) in [4.78, 5) is 54.5. The van der Waals surface area contributed by atoms with Gasteiger partial charge in [0.1, 0.15) is 23.3 Å². The molecule has 5 aromatic rings. The van der Waals surface area contributed by atoms with Gasteiger partial charge in [-0.2, -0.15) is 0 Å². The zero-order chi connectivity index (χ0) is 32.2. The van der Waals surface area contributed by atoms with Gasteiger partial charge in [-0.1, -0.05) is 11.6 Å². The van der Waals surface area contributed by atoms with Crippen LogP contribution in [0.15, 0.2) is 26.1 Å². The number of hydrogen-bond donors (Lipinski definition) is 4. The lowest BCUT2D eigenvalue weighted by atomic mass is 9.80. The number of nitrogens with one attached hydrogen (secondary N) is 2. The Balaban J connectivity index is 1.97. The second-order valence-electron chi connectivity index (χ2n) is 11.3. The number of methoxy groups -OCH3 is 3. The van der Waals surface area contributed by atoms with Gasteiger partial charge in [0.05, 0.1) is 54.3 Å². The highest BCUT2D eigenvalue weighted by atomic mass is 32.2. The first-order valence-electron chi connectivity index (χ1n) is 14.1. The van der Waals surface area contributed by atoms with E-state index < -0.39 is 28.8 Å². The lowest BCUT2D eigenvalue weighted by molar-refractivity contribution is -0.137. The number of phenols is 1. The number of Topliss-reactive ketones (excluding diaryl/α,β-unsaturated/α-hetero) is 1. The number of allylic oxidation sites excluding steroid dienone is 1. The fourth-order valence-electron chi connectivity index (χ4n) is 7.39. The van der Waals surface area contributed by atoms with Crippen LogP contribution in [0.4, 0.5) is 11.4 Å². The molecule has 0 amide bonds. The number of rotatable bonds is 6. The molecule has 11 nitrogen and oxygen atoms in total. The average Bonchev–Trinajstić information content (AvgIpc) is 3.14. The van der Waals surface area contributed by atoms with Crippen LogP contribution in [0.3, 0.4) is 0 Å². The van der Waals surface area contributed by atoms with Gasteiger partial charge in [0.25, 0.3) is 0 Å². The van der Waals surface area contributed by atoms with E-state index in [1.807, 2.05) is 0 Å². The summed E-state index contributed by atoms with van der Waals surface area (Å²) < 4.78 is 17.7. The molecule has 0 radical (unpaired) electrons. The SMILES string of the molecule is CNc1c(O)c2c(=O)cc(OC)c3c4c(OC)c5c(c6c(=O)c(OC)c7c(c(c1C=C(C)C7C(C)=O)c23)c64)NC(C(=O)O)CS5. The number of phenolic OH excluding ortho intramolecular Hbond substituents is 1. The average molecular weight is 629 g/mol. The normalized spacial score (nSPS) is 17.3. The van der Waals surface area contributed by atoms with Gasteiger partial charge in [0.15, 0.2) is 16.9 Å². The molecule has 45 heavy (non-hydrogen) atoms. The van der Waals surface area contributed by atoms with E-state index in [1.54, 1.807) is 20.0 Å². The maximum atomic E-state index is 14.7. The number of carboxylic acids is 1. The molecule has 0 saturated carbocycles. The second kappa shape index (κ2) is 9.77. The Morgan fingerprint density at radius 1 is 0.956 bits per heavy atom. The Labute approximate surface area is 259 Å². The number of benzene rings is 5. The van der Waals surface area contributed by atoms with Gasteiger partial charge in [0, 0.05) is 56.9 Å². The minimum absolute atomic E-state index is 0.0348. The van der Waals surface area contributed by atoms with E-state index in [-0.39, 0.29) is 50.9 Å². The van der Waals surface area contributed by atoms with E-state index in [2.05, 4.69) is 10.6 Å². The Kier molecular flexibility index (Phi) is 6.25. The summed E-state index contributed by atoms with van der Waals surface area (Å²) in [5, 5.41) is 30.5. The molecule has 230 valence electrons. The molecule has 0 fully saturated rings. The standard InChI is InChI=1S/C33H28N2O9S/c1-10-7-12-17-20-18(28(38)26(12)34-3)14(37)8-15(42-4)19(20)24-22-21(17)23(16(10)11(2)36)30(43-5)29(39)25(22)27-32(31(24)44-6)45-9-13(35-27)33(40)41/h7-8,13,16,34-35,38H,9H2,1-6H3,(H,40,41). The number of thioether (sulfide) groups is 1. The summed E-state index contributed by atoms with van der Waals surface area (Å²) in [6.07, 6.45) is 1.78. The molecule has 2 unspecified atom stereocenters. The third kappa shape index (κ3) is 3.48. The number of ether oxygens (including phenoxy) is 3. The molecule has 0 saturated heterocycles. The largest absolute Gasteiger partial charge is 0.505 e. The predicted molar refractivity (Wildman–Crippen MR) is 175 cm³/mol. The van der Waals surface area contributed by atoms with E-state index in [0.29, 0.717) is 59.7 Å². The van der Waals surface area contributed by atoms with Crippen molar-refractivity contribution in [1.29, 1.82) is 0 Å². The molecule has 0 aromatic heterocycles. The molecule has 0 spiro atoms. The number of hydrogen-bond acceptors (Lipinski definition) is 11. The van der Waals surface area contributed by atoms with Crippen molar-refractivity contribution in [3.63, 3.8) is 0 Å². The van der Waals surface area contributed by atoms with E-state index in [0.717, 1.165) is 0 Å². The van der Waals surface area contributed by atoms with Gasteiger partial charge >= 0.3 is 5.97 Å². The summed E-state index contributed by atoms with van der Waals surface area (Å²) in [6, 6.07) is 0.294. The molecule has 4 N–H and O–H groups in total. The third-order valence-corrected chi connectivity index (χ3v) is 10.2. The number of carbonyl (C=O) groups excluding carboxylic acids is 1. The number of ketones is 1. The van der Waals surface area contributed by atoms with Gasteiger partial charge in [0.2, 0.25) is 5.43 Å². The second-order valence-corrected chi connectivity index (χ2v) is 12.3. The first kappa shape index (κ1) is 28.8. The topological polar surface area (TPSA) is 160 Å². The van der Waals surface area contributed by atoms with Crippen LogP contribution in [-0.2, 0) is 9.59 Å². The summed E-state index contributed by atoms with van der Waals surface area (Å²) in [5.74, 6) is -1.90. The van der Waals surface area contributed by atoms with Crippen molar-refractivity contribution in [1.82, 2.24) is 0 Å². The van der Waals surface area contributed by atoms with Crippen LogP contribution in [-0.4, -0.2) is 62.1 Å². The molecular formula is C33H28N2O9S. The Morgan fingerprint density at radius 2 is 1.64 bits per heavy atom. The van der Waals surface area contributed by atoms with Crippen LogP contribution in [0.1, 0.15) is 30.9 Å². The fourth-order valence-corrected chi connectivity index (χ4v) is 8.57.